The summed E-state index contributed by atoms with van der Waals surface area (Å²) in [5.74, 6) is 0. The van der Waals surface area contributed by atoms with Gasteiger partial charge in [0.1, 0.15) is 0 Å². The van der Waals surface area contributed by atoms with Gasteiger partial charge in [-0.2, -0.15) is 0 Å². The van der Waals surface area contributed by atoms with Crippen LogP contribution in [0.3, 0.4) is 0 Å². The summed E-state index contributed by atoms with van der Waals surface area (Å²) in [5.41, 5.74) is 0. The summed E-state index contributed by atoms with van der Waals surface area (Å²) in [6, 6.07) is 8.49. The van der Waals surface area contributed by atoms with Gasteiger partial charge in [-0.25, -0.2) is 13.1 Å². The van der Waals surface area contributed by atoms with Crippen molar-refractivity contribution in [2.75, 3.05) is 39.3 Å². The summed E-state index contributed by atoms with van der Waals surface area (Å²) in [7, 11) is -3.34. The molecule has 0 bridgehead atoms. The molecule has 1 aliphatic rings. The highest BCUT2D eigenvalue weighted by molar-refractivity contribution is 7.89. The fraction of sp³-hybridized carbons (Fsp3) is 0.538. The predicted molar refractivity (Wildman–Crippen MR) is 90.1 cm³/mol. The Morgan fingerprint density at radius 3 is 2.33 bits per heavy atom. The first-order valence-electron chi connectivity index (χ1n) is 6.66. The van der Waals surface area contributed by atoms with E-state index in [9.17, 15) is 8.42 Å². The molecule has 0 unspecified atom stereocenters. The second-order valence-electron chi connectivity index (χ2n) is 4.66. The minimum absolute atomic E-state index is 0. The highest BCUT2D eigenvalue weighted by atomic mass is 35.5. The van der Waals surface area contributed by atoms with E-state index in [1.54, 1.807) is 24.3 Å². The van der Waals surface area contributed by atoms with E-state index in [-0.39, 0.29) is 24.8 Å². The first-order valence-corrected chi connectivity index (χ1v) is 8.14. The lowest BCUT2D eigenvalue weighted by Crippen LogP contribution is -2.44. The Morgan fingerprint density at radius 1 is 1.10 bits per heavy atom. The van der Waals surface area contributed by atoms with Gasteiger partial charge in [-0.3, -0.25) is 0 Å². The van der Waals surface area contributed by atoms with Crippen LogP contribution >= 0.6 is 24.8 Å². The minimum atomic E-state index is -3.34. The van der Waals surface area contributed by atoms with Crippen molar-refractivity contribution >= 4 is 34.8 Å². The third-order valence-electron chi connectivity index (χ3n) is 3.21. The van der Waals surface area contributed by atoms with Gasteiger partial charge in [-0.05, 0) is 25.1 Å². The molecule has 1 aromatic carbocycles. The molecule has 0 spiro atoms. The van der Waals surface area contributed by atoms with E-state index in [4.69, 9.17) is 0 Å². The first kappa shape index (κ1) is 20.6. The number of piperazine rings is 1. The molecule has 2 rings (SSSR count). The van der Waals surface area contributed by atoms with Crippen molar-refractivity contribution in [3.05, 3.63) is 30.3 Å². The molecular weight excluding hydrogens is 333 g/mol. The quantitative estimate of drug-likeness (QED) is 0.750. The Hall–Kier alpha value is -0.370. The molecule has 1 fully saturated rings. The number of hydrogen-bond acceptors (Lipinski definition) is 4. The van der Waals surface area contributed by atoms with Crippen LogP contribution in [0.1, 0.15) is 6.42 Å². The van der Waals surface area contributed by atoms with Crippen LogP contribution in [-0.2, 0) is 10.0 Å². The monoisotopic (exact) mass is 355 g/mol. The van der Waals surface area contributed by atoms with Crippen molar-refractivity contribution < 1.29 is 8.42 Å². The van der Waals surface area contributed by atoms with E-state index < -0.39 is 10.0 Å². The van der Waals surface area contributed by atoms with E-state index in [0.717, 1.165) is 39.1 Å². The molecule has 0 aliphatic carbocycles. The van der Waals surface area contributed by atoms with Crippen molar-refractivity contribution in [3.8, 4) is 0 Å². The number of nitrogens with zero attached hydrogens (tertiary/aromatic N) is 1. The zero-order valence-electron chi connectivity index (χ0n) is 11.8. The van der Waals surface area contributed by atoms with Gasteiger partial charge in [0.2, 0.25) is 10.0 Å². The number of benzene rings is 1. The van der Waals surface area contributed by atoms with Gasteiger partial charge in [0.25, 0.3) is 0 Å². The highest BCUT2D eigenvalue weighted by Crippen LogP contribution is 2.06. The number of halogens is 2. The second kappa shape index (κ2) is 10.4. The molecule has 21 heavy (non-hydrogen) atoms. The zero-order valence-corrected chi connectivity index (χ0v) is 14.3. The van der Waals surface area contributed by atoms with Crippen molar-refractivity contribution in [3.63, 3.8) is 0 Å². The Labute approximate surface area is 139 Å². The Bertz CT molecular complexity index is 479. The number of hydrogen-bond donors (Lipinski definition) is 2. The zero-order chi connectivity index (χ0) is 13.6. The molecule has 0 amide bonds. The maximum absolute atomic E-state index is 11.9. The summed E-state index contributed by atoms with van der Waals surface area (Å²) in [6.45, 7) is 5.57. The fourth-order valence-electron chi connectivity index (χ4n) is 2.13. The largest absolute Gasteiger partial charge is 0.314 e. The van der Waals surface area contributed by atoms with Gasteiger partial charge >= 0.3 is 0 Å². The van der Waals surface area contributed by atoms with Gasteiger partial charge in [-0.1, -0.05) is 18.2 Å². The van der Waals surface area contributed by atoms with Crippen LogP contribution in [0.25, 0.3) is 0 Å². The van der Waals surface area contributed by atoms with Crippen molar-refractivity contribution in [1.29, 1.82) is 0 Å². The molecule has 1 aromatic rings. The third kappa shape index (κ3) is 6.95. The van der Waals surface area contributed by atoms with Gasteiger partial charge in [0.15, 0.2) is 0 Å². The standard InChI is InChI=1S/C13H21N3O2S.2ClH/c17-19(18,13-5-2-1-3-6-13)15-7-4-10-16-11-8-14-9-12-16;;/h1-3,5-6,14-15H,4,7-12H2;2*1H. The molecule has 1 heterocycles. The molecule has 122 valence electrons. The van der Waals surface area contributed by atoms with Gasteiger partial charge in [0, 0.05) is 32.7 Å². The van der Waals surface area contributed by atoms with Crippen LogP contribution < -0.4 is 10.0 Å². The summed E-state index contributed by atoms with van der Waals surface area (Å²) < 4.78 is 26.5. The maximum atomic E-state index is 11.9. The molecule has 2 N–H and O–H groups in total. The van der Waals surface area contributed by atoms with Crippen LogP contribution in [0.15, 0.2) is 35.2 Å². The van der Waals surface area contributed by atoms with Crippen LogP contribution in [0.5, 0.6) is 0 Å². The van der Waals surface area contributed by atoms with Crippen molar-refractivity contribution in [1.82, 2.24) is 14.9 Å². The molecule has 8 heteroatoms. The van der Waals surface area contributed by atoms with E-state index in [0.29, 0.717) is 11.4 Å². The Balaban J connectivity index is 0.00000200. The molecule has 0 radical (unpaired) electrons. The second-order valence-corrected chi connectivity index (χ2v) is 6.42. The molecule has 0 atom stereocenters. The average Bonchev–Trinajstić information content (AvgIpc) is 2.46. The van der Waals surface area contributed by atoms with Crippen LogP contribution in [0, 0.1) is 0 Å². The molecule has 0 saturated carbocycles. The van der Waals surface area contributed by atoms with Crippen molar-refractivity contribution in [2.24, 2.45) is 0 Å². The maximum Gasteiger partial charge on any atom is 0.240 e. The van der Waals surface area contributed by atoms with E-state index in [2.05, 4.69) is 14.9 Å². The lowest BCUT2D eigenvalue weighted by Gasteiger charge is -2.27. The average molecular weight is 356 g/mol. The summed E-state index contributed by atoms with van der Waals surface area (Å²) in [4.78, 5) is 2.69. The topological polar surface area (TPSA) is 61.4 Å². The van der Waals surface area contributed by atoms with E-state index >= 15 is 0 Å². The van der Waals surface area contributed by atoms with E-state index in [1.807, 2.05) is 6.07 Å². The van der Waals surface area contributed by atoms with Gasteiger partial charge < -0.3 is 10.2 Å². The fourth-order valence-corrected chi connectivity index (χ4v) is 3.22. The summed E-state index contributed by atoms with van der Waals surface area (Å²) in [5, 5.41) is 3.30. The number of nitrogens with one attached hydrogen (secondary N) is 2. The first-order chi connectivity index (χ1) is 9.18. The van der Waals surface area contributed by atoms with Crippen molar-refractivity contribution in [2.45, 2.75) is 11.3 Å². The summed E-state index contributed by atoms with van der Waals surface area (Å²) >= 11 is 0. The lowest BCUT2D eigenvalue weighted by atomic mass is 10.3. The van der Waals surface area contributed by atoms with Gasteiger partial charge in [0.05, 0.1) is 4.90 Å². The smallest absolute Gasteiger partial charge is 0.240 e. The third-order valence-corrected chi connectivity index (χ3v) is 4.68. The van der Waals surface area contributed by atoms with Crippen LogP contribution in [-0.4, -0.2) is 52.6 Å². The van der Waals surface area contributed by atoms with Crippen LogP contribution in [0.4, 0.5) is 0 Å². The number of sulfonamides is 1. The molecule has 5 nitrogen and oxygen atoms in total. The lowest BCUT2D eigenvalue weighted by molar-refractivity contribution is 0.239. The minimum Gasteiger partial charge on any atom is -0.314 e. The van der Waals surface area contributed by atoms with Gasteiger partial charge in [-0.15, -0.1) is 24.8 Å². The highest BCUT2D eigenvalue weighted by Gasteiger charge is 2.13. The normalized spacial score (nSPS) is 15.8. The molecule has 1 aliphatic heterocycles. The molecular formula is C13H23Cl2N3O2S. The molecule has 0 aromatic heterocycles. The SMILES string of the molecule is Cl.Cl.O=S(=O)(NCCCN1CCNCC1)c1ccccc1. The Morgan fingerprint density at radius 2 is 1.71 bits per heavy atom. The Kier molecular flexibility index (Phi) is 10.2. The van der Waals surface area contributed by atoms with E-state index in [1.165, 1.54) is 0 Å². The predicted octanol–water partition coefficient (Wildman–Crippen LogP) is 1.10. The van der Waals surface area contributed by atoms with Crippen LogP contribution in [0.2, 0.25) is 0 Å². The number of rotatable bonds is 6. The molecule has 1 saturated heterocycles. The summed E-state index contributed by atoms with van der Waals surface area (Å²) in [6.07, 6.45) is 0.839.